The average molecular weight is 304 g/mol. The first-order valence-electron chi connectivity index (χ1n) is 7.78. The summed E-state index contributed by atoms with van der Waals surface area (Å²) in [5.74, 6) is 21.6. The van der Waals surface area contributed by atoms with Crippen LogP contribution in [0.4, 0.5) is 0 Å². The average Bonchev–Trinajstić information content (AvgIpc) is 2.58. The van der Waals surface area contributed by atoms with E-state index >= 15 is 0 Å². The van der Waals surface area contributed by atoms with Gasteiger partial charge in [-0.1, -0.05) is 0 Å². The molecular weight excluding hydrogens is 276 g/mol. The van der Waals surface area contributed by atoms with Crippen LogP contribution in [0, 0.1) is 73.1 Å². The minimum atomic E-state index is 0.810. The van der Waals surface area contributed by atoms with Crippen LogP contribution in [0.5, 0.6) is 0 Å². The van der Waals surface area contributed by atoms with Gasteiger partial charge in [0.15, 0.2) is 0 Å². The van der Waals surface area contributed by atoms with Gasteiger partial charge in [0.25, 0.3) is 0 Å². The summed E-state index contributed by atoms with van der Waals surface area (Å²) in [6.07, 6.45) is 28.2. The third kappa shape index (κ3) is 45.2. The van der Waals surface area contributed by atoms with E-state index in [1.54, 1.807) is 0 Å². The normalized spacial score (nSPS) is 6.52. The third-order valence-corrected chi connectivity index (χ3v) is 2.24. The molecule has 0 rings (SSSR count). The van der Waals surface area contributed by atoms with Gasteiger partial charge in [0, 0.05) is 38.5 Å². The molecule has 0 amide bonds. The van der Waals surface area contributed by atoms with Crippen molar-refractivity contribution in [3.05, 3.63) is 0 Å². The summed E-state index contributed by atoms with van der Waals surface area (Å²) in [4.78, 5) is 0. The summed E-state index contributed by atoms with van der Waals surface area (Å²) in [5, 5.41) is 0. The highest BCUT2D eigenvalue weighted by molar-refractivity contribution is 4.96. The molecule has 0 aromatic heterocycles. The summed E-state index contributed by atoms with van der Waals surface area (Å²) in [5.41, 5.74) is 0. The summed E-state index contributed by atoms with van der Waals surface area (Å²) < 4.78 is 0. The molecule has 0 aliphatic heterocycles. The van der Waals surface area contributed by atoms with E-state index < -0.39 is 0 Å². The Labute approximate surface area is 145 Å². The molecule has 0 bridgehead atoms. The molecule has 0 fully saturated rings. The fraction of sp³-hybridized carbons (Fsp3) is 0.478. The molecule has 0 nitrogen and oxygen atoms in total. The highest BCUT2D eigenvalue weighted by Crippen LogP contribution is 1.90. The van der Waals surface area contributed by atoms with Gasteiger partial charge in [-0.25, -0.2) is 0 Å². The largest absolute Gasteiger partial charge is 0.120 e. The van der Waals surface area contributed by atoms with E-state index in [0.29, 0.717) is 0 Å². The van der Waals surface area contributed by atoms with Crippen molar-refractivity contribution in [1.82, 2.24) is 0 Å². The Hall–Kier alpha value is -2.64. The van der Waals surface area contributed by atoms with Crippen molar-refractivity contribution in [2.75, 3.05) is 0 Å². The van der Waals surface area contributed by atoms with E-state index in [1.165, 1.54) is 0 Å². The van der Waals surface area contributed by atoms with Gasteiger partial charge in [-0.15, -0.1) is 73.1 Å². The molecule has 0 N–H and O–H groups in total. The lowest BCUT2D eigenvalue weighted by Crippen LogP contribution is -1.67. The SMILES string of the molecule is C#CCCCC#C.C#CCCCC#CC.C#CCCCC#CC. The second-order valence-corrected chi connectivity index (χ2v) is 4.23. The number of hydrogen-bond acceptors (Lipinski definition) is 0. The molecule has 23 heavy (non-hydrogen) atoms. The van der Waals surface area contributed by atoms with Crippen molar-refractivity contribution in [3.8, 4) is 73.1 Å². The predicted molar refractivity (Wildman–Crippen MR) is 104 cm³/mol. The van der Waals surface area contributed by atoms with Crippen LogP contribution in [0.1, 0.15) is 71.6 Å². The molecule has 0 unspecified atom stereocenters. The maximum absolute atomic E-state index is 5.01. The van der Waals surface area contributed by atoms with Crippen LogP contribution in [-0.2, 0) is 0 Å². The molecule has 0 aliphatic carbocycles. The van der Waals surface area contributed by atoms with Gasteiger partial charge < -0.3 is 0 Å². The molecular formula is C23H28. The number of rotatable bonds is 6. The fourth-order valence-electron chi connectivity index (χ4n) is 1.10. The van der Waals surface area contributed by atoms with Gasteiger partial charge in [-0.3, -0.25) is 0 Å². The second kappa shape index (κ2) is 31.6. The molecule has 0 atom stereocenters. The fourth-order valence-corrected chi connectivity index (χ4v) is 1.10. The number of hydrogen-bond donors (Lipinski definition) is 0. The Balaban J connectivity index is -0.000000262. The molecule has 0 radical (unpaired) electrons. The van der Waals surface area contributed by atoms with Crippen LogP contribution in [0.25, 0.3) is 0 Å². The molecule has 120 valence electrons. The van der Waals surface area contributed by atoms with Gasteiger partial charge in [0.05, 0.1) is 0 Å². The molecule has 0 aromatic rings. The Morgan fingerprint density at radius 2 is 0.739 bits per heavy atom. The van der Waals surface area contributed by atoms with Crippen molar-refractivity contribution < 1.29 is 0 Å². The summed E-state index contributed by atoms with van der Waals surface area (Å²) in [7, 11) is 0. The van der Waals surface area contributed by atoms with Crippen LogP contribution in [0.15, 0.2) is 0 Å². The first kappa shape index (κ1) is 25.3. The van der Waals surface area contributed by atoms with E-state index in [2.05, 4.69) is 47.4 Å². The summed E-state index contributed by atoms with van der Waals surface area (Å²) >= 11 is 0. The Morgan fingerprint density at radius 1 is 0.478 bits per heavy atom. The zero-order chi connectivity index (χ0) is 18.0. The second-order valence-electron chi connectivity index (χ2n) is 4.23. The zero-order valence-corrected chi connectivity index (χ0v) is 14.7. The highest BCUT2D eigenvalue weighted by atomic mass is 13.8. The molecule has 0 saturated carbocycles. The van der Waals surface area contributed by atoms with Gasteiger partial charge in [0.2, 0.25) is 0 Å². The smallest absolute Gasteiger partial charge is 0.00976 e. The topological polar surface area (TPSA) is 0 Å². The maximum Gasteiger partial charge on any atom is 0.00976 e. The summed E-state index contributed by atoms with van der Waals surface area (Å²) in [6.45, 7) is 3.69. The van der Waals surface area contributed by atoms with Crippen molar-refractivity contribution in [2.24, 2.45) is 0 Å². The van der Waals surface area contributed by atoms with Crippen molar-refractivity contribution >= 4 is 0 Å². The minimum Gasteiger partial charge on any atom is -0.120 e. The highest BCUT2D eigenvalue weighted by Gasteiger charge is 1.76. The molecule has 0 spiro atoms. The Kier molecular flexibility index (Phi) is 34.8. The van der Waals surface area contributed by atoms with Gasteiger partial charge >= 0.3 is 0 Å². The Morgan fingerprint density at radius 3 is 0.957 bits per heavy atom. The molecule has 0 heterocycles. The van der Waals surface area contributed by atoms with E-state index in [9.17, 15) is 0 Å². The molecule has 0 heteroatoms. The quantitative estimate of drug-likeness (QED) is 0.476. The standard InChI is InChI=1S/2C8H10.C7H8/c2*1-3-5-7-8-6-4-2;1-3-5-7-6-4-2/h2*1H,5,7-8H2,2H3;1-2H,5-7H2. The maximum atomic E-state index is 5.01. The van der Waals surface area contributed by atoms with E-state index in [-0.39, 0.29) is 0 Å². The lowest BCUT2D eigenvalue weighted by atomic mass is 10.2. The molecule has 0 aromatic carbocycles. The van der Waals surface area contributed by atoms with Crippen LogP contribution in [0.3, 0.4) is 0 Å². The lowest BCUT2D eigenvalue weighted by molar-refractivity contribution is 0.904. The zero-order valence-electron chi connectivity index (χ0n) is 14.7. The minimum absolute atomic E-state index is 0.810. The van der Waals surface area contributed by atoms with Crippen LogP contribution < -0.4 is 0 Å². The van der Waals surface area contributed by atoms with Crippen LogP contribution in [0.2, 0.25) is 0 Å². The number of unbranched alkanes of at least 4 members (excludes halogenated alkanes) is 6. The van der Waals surface area contributed by atoms with E-state index in [4.69, 9.17) is 25.7 Å². The predicted octanol–water partition coefficient (Wildman–Crippen LogP) is 5.05. The molecule has 0 saturated heterocycles. The van der Waals surface area contributed by atoms with E-state index in [1.807, 2.05) is 13.8 Å². The first-order chi connectivity index (χ1) is 11.2. The van der Waals surface area contributed by atoms with Crippen molar-refractivity contribution in [1.29, 1.82) is 0 Å². The lowest BCUT2D eigenvalue weighted by Gasteiger charge is -1.80. The third-order valence-electron chi connectivity index (χ3n) is 2.24. The number of terminal acetylenes is 4. The van der Waals surface area contributed by atoms with Crippen LogP contribution in [-0.4, -0.2) is 0 Å². The van der Waals surface area contributed by atoms with Gasteiger partial charge in [-0.2, -0.15) is 0 Å². The van der Waals surface area contributed by atoms with Gasteiger partial charge in [0.1, 0.15) is 0 Å². The van der Waals surface area contributed by atoms with E-state index in [0.717, 1.165) is 57.8 Å². The van der Waals surface area contributed by atoms with Crippen LogP contribution >= 0.6 is 0 Å². The van der Waals surface area contributed by atoms with Gasteiger partial charge in [-0.05, 0) is 33.1 Å². The summed E-state index contributed by atoms with van der Waals surface area (Å²) in [6, 6.07) is 0. The molecule has 0 aliphatic rings. The monoisotopic (exact) mass is 304 g/mol. The van der Waals surface area contributed by atoms with Crippen molar-refractivity contribution in [2.45, 2.75) is 71.6 Å². The first-order valence-corrected chi connectivity index (χ1v) is 7.78. The Bertz CT molecular complexity index is 462. The van der Waals surface area contributed by atoms with Crippen molar-refractivity contribution in [3.63, 3.8) is 0 Å².